The first-order valence-corrected chi connectivity index (χ1v) is 11.3. The highest BCUT2D eigenvalue weighted by Crippen LogP contribution is 2.30. The van der Waals surface area contributed by atoms with Crippen LogP contribution in [0, 0.1) is 17.6 Å². The van der Waals surface area contributed by atoms with Crippen molar-refractivity contribution >= 4 is 0 Å². The summed E-state index contributed by atoms with van der Waals surface area (Å²) in [6.07, 6.45) is 6.66. The van der Waals surface area contributed by atoms with Crippen molar-refractivity contribution < 1.29 is 13.2 Å². The van der Waals surface area contributed by atoms with E-state index in [0.29, 0.717) is 11.5 Å². The molecule has 1 aliphatic heterocycles. The topological polar surface area (TPSA) is 46.8 Å². The largest absolute Gasteiger partial charge is 0.299 e. The van der Waals surface area contributed by atoms with Gasteiger partial charge in [-0.1, -0.05) is 36.4 Å². The van der Waals surface area contributed by atoms with Crippen molar-refractivity contribution in [1.29, 1.82) is 0 Å². The fraction of sp³-hybridized carbons (Fsp3) is 0.269. The molecule has 8 heteroatoms. The van der Waals surface area contributed by atoms with Gasteiger partial charge < -0.3 is 0 Å². The highest BCUT2D eigenvalue weighted by Gasteiger charge is 2.22. The Morgan fingerprint density at radius 2 is 1.65 bits per heavy atom. The summed E-state index contributed by atoms with van der Waals surface area (Å²) in [5.41, 5.74) is 3.77. The van der Waals surface area contributed by atoms with Crippen LogP contribution in [0.5, 0.6) is 0 Å². The average Bonchev–Trinajstić information content (AvgIpc) is 3.38. The van der Waals surface area contributed by atoms with Crippen LogP contribution < -0.4 is 0 Å². The van der Waals surface area contributed by atoms with E-state index in [1.807, 2.05) is 18.2 Å². The van der Waals surface area contributed by atoms with Gasteiger partial charge in [-0.2, -0.15) is 9.49 Å². The van der Waals surface area contributed by atoms with Crippen LogP contribution >= 0.6 is 0 Å². The van der Waals surface area contributed by atoms with Crippen molar-refractivity contribution in [3.05, 3.63) is 113 Å². The molecule has 5 rings (SSSR count). The lowest BCUT2D eigenvalue weighted by Crippen LogP contribution is -2.32. The van der Waals surface area contributed by atoms with Gasteiger partial charge >= 0.3 is 0 Å². The molecule has 0 radical (unpaired) electrons. The van der Waals surface area contributed by atoms with Crippen LogP contribution in [-0.4, -0.2) is 37.7 Å². The number of pyridine rings is 1. The first kappa shape index (κ1) is 22.3. The molecule has 4 aromatic rings. The highest BCUT2D eigenvalue weighted by atomic mass is 19.2. The second-order valence-corrected chi connectivity index (χ2v) is 8.66. The van der Waals surface area contributed by atoms with E-state index >= 15 is 0 Å². The molecule has 3 heterocycles. The van der Waals surface area contributed by atoms with Crippen molar-refractivity contribution in [3.63, 3.8) is 0 Å². The lowest BCUT2D eigenvalue weighted by atomic mass is 9.90. The molecule has 0 saturated carbocycles. The van der Waals surface area contributed by atoms with E-state index in [1.165, 1.54) is 24.0 Å². The summed E-state index contributed by atoms with van der Waals surface area (Å²) >= 11 is 0. The zero-order chi connectivity index (χ0) is 23.5. The maximum absolute atomic E-state index is 13.9. The van der Waals surface area contributed by atoms with Crippen LogP contribution in [0.15, 0.2) is 73.4 Å². The molecule has 1 saturated heterocycles. The Morgan fingerprint density at radius 1 is 0.882 bits per heavy atom. The van der Waals surface area contributed by atoms with Gasteiger partial charge in [-0.05, 0) is 72.3 Å². The van der Waals surface area contributed by atoms with Crippen molar-refractivity contribution in [2.45, 2.75) is 31.3 Å². The van der Waals surface area contributed by atoms with Gasteiger partial charge in [0.05, 0.1) is 0 Å². The molecule has 1 unspecified atom stereocenters. The highest BCUT2D eigenvalue weighted by molar-refractivity contribution is 5.34. The molecule has 1 atom stereocenters. The van der Waals surface area contributed by atoms with Gasteiger partial charge in [0.15, 0.2) is 11.6 Å². The van der Waals surface area contributed by atoms with Crippen molar-refractivity contribution in [3.8, 4) is 0 Å². The van der Waals surface area contributed by atoms with Crippen LogP contribution in [0.1, 0.15) is 47.1 Å². The number of hydrogen-bond donors (Lipinski definition) is 0. The van der Waals surface area contributed by atoms with Gasteiger partial charge in [0.1, 0.15) is 18.7 Å². The molecule has 174 valence electrons. The summed E-state index contributed by atoms with van der Waals surface area (Å²) in [5, 5.41) is 4.23. The molecule has 0 N–H and O–H groups in total. The summed E-state index contributed by atoms with van der Waals surface area (Å²) < 4.78 is 42.1. The van der Waals surface area contributed by atoms with Gasteiger partial charge in [-0.15, -0.1) is 0 Å². The smallest absolute Gasteiger partial charge is 0.212 e. The average molecular weight is 464 g/mol. The van der Waals surface area contributed by atoms with Crippen LogP contribution in [0.4, 0.5) is 13.2 Å². The minimum Gasteiger partial charge on any atom is -0.299 e. The summed E-state index contributed by atoms with van der Waals surface area (Å²) in [7, 11) is 0. The number of halogens is 3. The van der Waals surface area contributed by atoms with Crippen LogP contribution in [0.3, 0.4) is 0 Å². The summed E-state index contributed by atoms with van der Waals surface area (Å²) in [6.45, 7) is 2.74. The number of benzene rings is 2. The minimum atomic E-state index is -0.890. The summed E-state index contributed by atoms with van der Waals surface area (Å²) in [4.78, 5) is 10.2. The molecular formula is C26H24F3N5. The van der Waals surface area contributed by atoms with Crippen molar-refractivity contribution in [2.24, 2.45) is 0 Å². The third kappa shape index (κ3) is 4.87. The van der Waals surface area contributed by atoms with E-state index in [-0.39, 0.29) is 0 Å². The molecule has 2 aromatic heterocycles. The first-order chi connectivity index (χ1) is 16.6. The number of aromatic nitrogens is 4. The van der Waals surface area contributed by atoms with Gasteiger partial charge in [-0.25, -0.2) is 23.4 Å². The molecule has 2 aromatic carbocycles. The minimum absolute atomic E-state index is 0.409. The second-order valence-electron chi connectivity index (χ2n) is 8.66. The molecule has 0 spiro atoms. The molecule has 0 amide bonds. The second kappa shape index (κ2) is 9.77. The van der Waals surface area contributed by atoms with Crippen LogP contribution in [0.2, 0.25) is 0 Å². The maximum atomic E-state index is 13.9. The Hall–Kier alpha value is -3.52. The van der Waals surface area contributed by atoms with Crippen LogP contribution in [0.25, 0.3) is 0 Å². The molecular weight excluding hydrogens is 439 g/mol. The SMILES string of the molecule is Fc1ccc(C2CCN(Cc3ccc(C(c4ccc(F)c(F)c4)n4cncn4)cc3)CC2)cn1. The van der Waals surface area contributed by atoms with Crippen molar-refractivity contribution in [1.82, 2.24) is 24.6 Å². The standard InChI is InChI=1S/C26H24F3N5/c27-23-7-5-21(13-24(23)28)26(34-17-30-16-32-34)20-3-1-18(2-4-20)15-33-11-9-19(10-12-33)22-6-8-25(29)31-14-22/h1-8,13-14,16-17,19,26H,9-12,15H2. The monoisotopic (exact) mass is 463 g/mol. The van der Waals surface area contributed by atoms with E-state index < -0.39 is 23.6 Å². The van der Waals surface area contributed by atoms with E-state index in [1.54, 1.807) is 23.3 Å². The zero-order valence-corrected chi connectivity index (χ0v) is 18.5. The Kier molecular flexibility index (Phi) is 6.40. The lowest BCUT2D eigenvalue weighted by molar-refractivity contribution is 0.204. The summed E-state index contributed by atoms with van der Waals surface area (Å²) in [6, 6.07) is 14.9. The molecule has 0 bridgehead atoms. The molecule has 1 fully saturated rings. The normalized spacial score (nSPS) is 16.0. The Labute approximate surface area is 195 Å². The predicted molar refractivity (Wildman–Crippen MR) is 122 cm³/mol. The lowest BCUT2D eigenvalue weighted by Gasteiger charge is -2.32. The predicted octanol–water partition coefficient (Wildman–Crippen LogP) is 5.11. The summed E-state index contributed by atoms with van der Waals surface area (Å²) in [5.74, 6) is -1.80. The number of nitrogens with zero attached hydrogens (tertiary/aromatic N) is 5. The Bertz CT molecular complexity index is 1220. The Balaban J connectivity index is 1.27. The number of likely N-dealkylation sites (tertiary alicyclic amines) is 1. The number of rotatable bonds is 6. The first-order valence-electron chi connectivity index (χ1n) is 11.3. The zero-order valence-electron chi connectivity index (χ0n) is 18.5. The molecule has 0 aliphatic carbocycles. The fourth-order valence-electron chi connectivity index (χ4n) is 4.65. The molecule has 1 aliphatic rings. The van der Waals surface area contributed by atoms with Gasteiger partial charge in [0.25, 0.3) is 0 Å². The van der Waals surface area contributed by atoms with Crippen LogP contribution in [-0.2, 0) is 6.54 Å². The van der Waals surface area contributed by atoms with Gasteiger partial charge in [0, 0.05) is 12.7 Å². The maximum Gasteiger partial charge on any atom is 0.212 e. The van der Waals surface area contributed by atoms with E-state index in [0.717, 1.165) is 49.7 Å². The molecule has 34 heavy (non-hydrogen) atoms. The van der Waals surface area contributed by atoms with E-state index in [9.17, 15) is 13.2 Å². The third-order valence-electron chi connectivity index (χ3n) is 6.47. The number of piperidine rings is 1. The fourth-order valence-corrected chi connectivity index (χ4v) is 4.65. The quantitative estimate of drug-likeness (QED) is 0.373. The van der Waals surface area contributed by atoms with Crippen molar-refractivity contribution in [2.75, 3.05) is 13.1 Å². The third-order valence-corrected chi connectivity index (χ3v) is 6.47. The van der Waals surface area contributed by atoms with E-state index in [4.69, 9.17) is 0 Å². The van der Waals surface area contributed by atoms with E-state index in [2.05, 4.69) is 32.1 Å². The Morgan fingerprint density at radius 3 is 2.29 bits per heavy atom. The molecule has 5 nitrogen and oxygen atoms in total. The number of hydrogen-bond acceptors (Lipinski definition) is 4. The van der Waals surface area contributed by atoms with Gasteiger partial charge in [-0.3, -0.25) is 4.90 Å². The van der Waals surface area contributed by atoms with Gasteiger partial charge in [0.2, 0.25) is 5.95 Å².